The number of likely N-dealkylation sites (N-methyl/N-ethyl adjacent to an activating group) is 1. The monoisotopic (exact) mass is 454 g/mol. The zero-order valence-electron chi connectivity index (χ0n) is 16.8. The Hall–Kier alpha value is -1.67. The number of nitrogens with two attached hydrogens (primary N) is 1. The van der Waals surface area contributed by atoms with Crippen LogP contribution in [0.3, 0.4) is 0 Å². The van der Waals surface area contributed by atoms with Crippen molar-refractivity contribution in [2.75, 3.05) is 51.3 Å². The number of aromatic nitrogens is 4. The van der Waals surface area contributed by atoms with Crippen molar-refractivity contribution >= 4 is 35.4 Å². The first kappa shape index (κ1) is 21.6. The minimum atomic E-state index is -1.09. The molecule has 11 nitrogen and oxygen atoms in total. The van der Waals surface area contributed by atoms with Gasteiger partial charge in [-0.1, -0.05) is 11.8 Å². The molecule has 3 N–H and O–H groups in total. The lowest BCUT2D eigenvalue weighted by atomic mass is 10.0. The first-order chi connectivity index (χ1) is 14.5. The van der Waals surface area contributed by atoms with Crippen molar-refractivity contribution in [1.82, 2.24) is 34.9 Å². The van der Waals surface area contributed by atoms with Crippen molar-refractivity contribution in [3.63, 3.8) is 0 Å². The van der Waals surface area contributed by atoms with E-state index in [2.05, 4.69) is 32.4 Å². The van der Waals surface area contributed by atoms with Gasteiger partial charge in [0.15, 0.2) is 0 Å². The van der Waals surface area contributed by atoms with Gasteiger partial charge in [-0.25, -0.2) is 9.48 Å². The number of carboxylic acids is 1. The van der Waals surface area contributed by atoms with Gasteiger partial charge in [0.25, 0.3) is 0 Å². The third-order valence-corrected chi connectivity index (χ3v) is 8.01. The number of carboxylic acid groups (broad SMARTS) is 1. The fourth-order valence-corrected chi connectivity index (χ4v) is 6.13. The van der Waals surface area contributed by atoms with Gasteiger partial charge < -0.3 is 20.6 Å². The first-order valence-corrected chi connectivity index (χ1v) is 11.9. The number of rotatable bonds is 8. The highest BCUT2D eigenvalue weighted by Gasteiger charge is 2.51. The number of fused-ring (bicyclic) bond motifs is 1. The van der Waals surface area contributed by atoms with Crippen molar-refractivity contribution in [2.45, 2.75) is 29.5 Å². The predicted molar refractivity (Wildman–Crippen MR) is 113 cm³/mol. The number of carbonyl (C=O) groups is 2. The number of piperazine rings is 1. The van der Waals surface area contributed by atoms with Gasteiger partial charge in [0.05, 0.1) is 0 Å². The SMILES string of the molecule is CN1CCN(CCCn2nnnc2SCC2=C(C(=O)O)N3C(=O)C(N)[C@H]3SC2)CC1. The molecule has 0 spiro atoms. The molecule has 2 saturated heterocycles. The molecule has 13 heteroatoms. The number of aryl methyl sites for hydroxylation is 1. The number of thioether (sulfide) groups is 2. The van der Waals surface area contributed by atoms with E-state index in [1.807, 2.05) is 0 Å². The molecule has 1 aromatic rings. The van der Waals surface area contributed by atoms with Gasteiger partial charge in [-0.2, -0.15) is 0 Å². The number of hydrogen-bond acceptors (Lipinski definition) is 10. The number of amides is 1. The maximum Gasteiger partial charge on any atom is 0.352 e. The first-order valence-electron chi connectivity index (χ1n) is 9.91. The zero-order valence-corrected chi connectivity index (χ0v) is 18.4. The van der Waals surface area contributed by atoms with Crippen LogP contribution in [-0.4, -0.2) is 115 Å². The summed E-state index contributed by atoms with van der Waals surface area (Å²) in [6, 6.07) is -0.619. The lowest BCUT2D eigenvalue weighted by Gasteiger charge is -2.48. The smallest absolute Gasteiger partial charge is 0.352 e. The van der Waals surface area contributed by atoms with Gasteiger partial charge in [0, 0.05) is 50.8 Å². The van der Waals surface area contributed by atoms with Crippen LogP contribution in [0.1, 0.15) is 6.42 Å². The van der Waals surface area contributed by atoms with E-state index < -0.39 is 12.0 Å². The molecule has 1 amide bonds. The van der Waals surface area contributed by atoms with E-state index in [-0.39, 0.29) is 17.0 Å². The molecule has 164 valence electrons. The van der Waals surface area contributed by atoms with Crippen LogP contribution in [0, 0.1) is 0 Å². The van der Waals surface area contributed by atoms with Crippen LogP contribution >= 0.6 is 23.5 Å². The van der Waals surface area contributed by atoms with E-state index in [4.69, 9.17) is 5.73 Å². The predicted octanol–water partition coefficient (Wildman–Crippen LogP) is -1.02. The normalized spacial score (nSPS) is 25.4. The third kappa shape index (κ3) is 4.35. The molecule has 0 aromatic carbocycles. The van der Waals surface area contributed by atoms with Crippen LogP contribution in [0.15, 0.2) is 16.4 Å². The Bertz CT molecular complexity index is 839. The lowest BCUT2D eigenvalue weighted by molar-refractivity contribution is -0.147. The van der Waals surface area contributed by atoms with Gasteiger partial charge in [0.2, 0.25) is 11.1 Å². The van der Waals surface area contributed by atoms with Crippen LogP contribution in [0.2, 0.25) is 0 Å². The van der Waals surface area contributed by atoms with E-state index in [1.54, 1.807) is 4.68 Å². The highest BCUT2D eigenvalue weighted by molar-refractivity contribution is 8.01. The maximum absolute atomic E-state index is 12.1. The molecule has 2 atom stereocenters. The van der Waals surface area contributed by atoms with Crippen molar-refractivity contribution < 1.29 is 14.7 Å². The summed E-state index contributed by atoms with van der Waals surface area (Å²) in [5, 5.41) is 22.0. The standard InChI is InChI=1S/C17H26N8O3S2/c1-22-5-7-23(8-6-22)3-2-4-24-17(19-20-21-24)30-10-11-9-29-15-12(18)14(26)25(15)13(11)16(27)28/h12,15H,2-10,18H2,1H3,(H,27,28)/t12?,15-/m1/s1. The summed E-state index contributed by atoms with van der Waals surface area (Å²) in [7, 11) is 2.14. The molecule has 1 aromatic heterocycles. The molecule has 2 fully saturated rings. The Morgan fingerprint density at radius 2 is 2.07 bits per heavy atom. The number of hydrogen-bond donors (Lipinski definition) is 2. The zero-order chi connectivity index (χ0) is 21.3. The van der Waals surface area contributed by atoms with Gasteiger partial charge >= 0.3 is 5.97 Å². The minimum Gasteiger partial charge on any atom is -0.477 e. The highest BCUT2D eigenvalue weighted by Crippen LogP contribution is 2.40. The second-order valence-electron chi connectivity index (χ2n) is 7.66. The molecule has 3 aliphatic rings. The second-order valence-corrected chi connectivity index (χ2v) is 9.71. The average Bonchev–Trinajstić information content (AvgIpc) is 3.19. The van der Waals surface area contributed by atoms with Gasteiger partial charge in [-0.15, -0.1) is 16.9 Å². The van der Waals surface area contributed by atoms with Crippen molar-refractivity contribution in [1.29, 1.82) is 0 Å². The number of carbonyl (C=O) groups excluding carboxylic acids is 1. The number of β-lactam (4-membered cyclic amide) rings is 1. The van der Waals surface area contributed by atoms with Gasteiger partial charge in [-0.3, -0.25) is 9.69 Å². The molecule has 1 unspecified atom stereocenters. The Morgan fingerprint density at radius 1 is 1.30 bits per heavy atom. The van der Waals surface area contributed by atoms with E-state index >= 15 is 0 Å². The summed E-state index contributed by atoms with van der Waals surface area (Å²) < 4.78 is 1.77. The quantitative estimate of drug-likeness (QED) is 0.369. The molecule has 0 radical (unpaired) electrons. The Morgan fingerprint density at radius 3 is 2.80 bits per heavy atom. The summed E-state index contributed by atoms with van der Waals surface area (Å²) in [6.07, 6.45) is 0.948. The molecule has 0 bridgehead atoms. The molecule has 0 saturated carbocycles. The Kier molecular flexibility index (Phi) is 6.63. The van der Waals surface area contributed by atoms with Crippen LogP contribution in [0.5, 0.6) is 0 Å². The van der Waals surface area contributed by atoms with E-state index in [1.165, 1.54) is 28.4 Å². The lowest BCUT2D eigenvalue weighted by Crippen LogP contribution is -2.68. The molecular weight excluding hydrogens is 428 g/mol. The van der Waals surface area contributed by atoms with Crippen LogP contribution < -0.4 is 5.73 Å². The summed E-state index contributed by atoms with van der Waals surface area (Å²) in [4.78, 5) is 29.9. The van der Waals surface area contributed by atoms with E-state index in [9.17, 15) is 14.7 Å². The molecule has 0 aliphatic carbocycles. The second kappa shape index (κ2) is 9.22. The largest absolute Gasteiger partial charge is 0.477 e. The van der Waals surface area contributed by atoms with Crippen LogP contribution in [0.4, 0.5) is 0 Å². The van der Waals surface area contributed by atoms with Crippen molar-refractivity contribution in [2.24, 2.45) is 5.73 Å². The number of nitrogens with zero attached hydrogens (tertiary/aromatic N) is 7. The summed E-state index contributed by atoms with van der Waals surface area (Å²) in [5.74, 6) is -0.482. The van der Waals surface area contributed by atoms with Crippen molar-refractivity contribution in [3.05, 3.63) is 11.3 Å². The van der Waals surface area contributed by atoms with Crippen LogP contribution in [0.25, 0.3) is 0 Å². The molecule has 3 aliphatic heterocycles. The third-order valence-electron chi connectivity index (χ3n) is 5.61. The number of aliphatic carboxylic acids is 1. The molecule has 30 heavy (non-hydrogen) atoms. The van der Waals surface area contributed by atoms with Gasteiger partial charge in [0.1, 0.15) is 17.1 Å². The number of tetrazole rings is 1. The average molecular weight is 455 g/mol. The summed E-state index contributed by atoms with van der Waals surface area (Å²) >= 11 is 2.90. The summed E-state index contributed by atoms with van der Waals surface area (Å²) in [5.41, 5.74) is 6.55. The van der Waals surface area contributed by atoms with Gasteiger partial charge in [-0.05, 0) is 29.5 Å². The van der Waals surface area contributed by atoms with E-state index in [0.717, 1.165) is 39.1 Å². The highest BCUT2D eigenvalue weighted by atomic mass is 32.2. The maximum atomic E-state index is 12.1. The Labute approximate surface area is 183 Å². The van der Waals surface area contributed by atoms with E-state index in [0.29, 0.717) is 28.8 Å². The molecule has 4 heterocycles. The fourth-order valence-electron chi connectivity index (χ4n) is 3.80. The summed E-state index contributed by atoms with van der Waals surface area (Å²) in [6.45, 7) is 6.06. The van der Waals surface area contributed by atoms with Crippen LogP contribution in [-0.2, 0) is 16.1 Å². The molecular formula is C17H26N8O3S2. The fraction of sp³-hybridized carbons (Fsp3) is 0.706. The molecule has 4 rings (SSSR count). The van der Waals surface area contributed by atoms with Crippen molar-refractivity contribution in [3.8, 4) is 0 Å². The Balaban J connectivity index is 1.33. The minimum absolute atomic E-state index is 0.0621. The topological polar surface area (TPSA) is 134 Å².